The maximum Gasteiger partial charge on any atom is 0.264 e. The Morgan fingerprint density at radius 3 is 2.31 bits per heavy atom. The number of ether oxygens (including phenoxy) is 1. The quantitative estimate of drug-likeness (QED) is 0.223. The van der Waals surface area contributed by atoms with Crippen molar-refractivity contribution in [2.75, 3.05) is 36.0 Å². The van der Waals surface area contributed by atoms with Crippen LogP contribution in [-0.2, 0) is 14.8 Å². The zero-order chi connectivity index (χ0) is 26.0. The number of rotatable bonds is 13. The number of anilines is 1. The van der Waals surface area contributed by atoms with E-state index in [0.29, 0.717) is 24.6 Å². The molecule has 0 atom stereocenters. The third-order valence-electron chi connectivity index (χ3n) is 5.30. The van der Waals surface area contributed by atoms with E-state index in [2.05, 4.69) is 36.5 Å². The number of nitrogens with zero attached hydrogens (tertiary/aromatic N) is 1. The molecule has 0 saturated carbocycles. The molecule has 3 aromatic carbocycles. The van der Waals surface area contributed by atoms with Gasteiger partial charge in [0.1, 0.15) is 12.3 Å². The molecular formula is C27H32N2O4S3. The highest BCUT2D eigenvalue weighted by Gasteiger charge is 2.29. The average molecular weight is 545 g/mol. The van der Waals surface area contributed by atoms with Crippen LogP contribution in [0.3, 0.4) is 0 Å². The standard InChI is InChI=1S/C27H32N2O4S3/c1-4-33-26-9-6-5-8-25(26)29(36(31,32)24-16-14-22(34-3)15-17-24)20-27(30)28-18-7-19-35-23-12-10-21(2)11-13-23/h5-6,8-17H,4,7,18-20H2,1-3H3,(H,28,30). The number of carbonyl (C=O) groups excluding carboxylic acids is 1. The van der Waals surface area contributed by atoms with Gasteiger partial charge in [-0.2, -0.15) is 0 Å². The zero-order valence-corrected chi connectivity index (χ0v) is 23.2. The molecule has 0 saturated heterocycles. The number of thioether (sulfide) groups is 2. The minimum atomic E-state index is -4.01. The van der Waals surface area contributed by atoms with Gasteiger partial charge in [0.05, 0.1) is 17.2 Å². The van der Waals surface area contributed by atoms with Crippen LogP contribution in [0.15, 0.2) is 87.5 Å². The number of aryl methyl sites for hydroxylation is 1. The third kappa shape index (κ3) is 7.69. The molecule has 0 aliphatic carbocycles. The molecule has 3 rings (SSSR count). The first-order valence-electron chi connectivity index (χ1n) is 11.7. The highest BCUT2D eigenvalue weighted by Crippen LogP contribution is 2.33. The molecule has 1 N–H and O–H groups in total. The van der Waals surface area contributed by atoms with Crippen molar-refractivity contribution in [3.8, 4) is 5.75 Å². The molecular weight excluding hydrogens is 513 g/mol. The topological polar surface area (TPSA) is 75.7 Å². The molecule has 0 bridgehead atoms. The molecule has 192 valence electrons. The van der Waals surface area contributed by atoms with Gasteiger partial charge in [0.2, 0.25) is 5.91 Å². The van der Waals surface area contributed by atoms with Gasteiger partial charge in [-0.05, 0) is 80.8 Å². The van der Waals surface area contributed by atoms with Gasteiger partial charge in [-0.15, -0.1) is 23.5 Å². The van der Waals surface area contributed by atoms with Crippen molar-refractivity contribution in [2.45, 2.75) is 35.0 Å². The van der Waals surface area contributed by atoms with Gasteiger partial charge in [-0.25, -0.2) is 8.42 Å². The summed E-state index contributed by atoms with van der Waals surface area (Å²) in [4.78, 5) is 15.1. The van der Waals surface area contributed by atoms with Crippen molar-refractivity contribution < 1.29 is 17.9 Å². The van der Waals surface area contributed by atoms with Crippen LogP contribution in [0.2, 0.25) is 0 Å². The Morgan fingerprint density at radius 2 is 1.64 bits per heavy atom. The van der Waals surface area contributed by atoms with Gasteiger partial charge in [0.15, 0.2) is 0 Å². The number of benzene rings is 3. The SMILES string of the molecule is CCOc1ccccc1N(CC(=O)NCCCSc1ccc(C)cc1)S(=O)(=O)c1ccc(SC)cc1. The molecule has 0 aliphatic rings. The Hall–Kier alpha value is -2.62. The summed E-state index contributed by atoms with van der Waals surface area (Å²) < 4.78 is 34.1. The van der Waals surface area contributed by atoms with Crippen LogP contribution in [0, 0.1) is 6.92 Å². The van der Waals surface area contributed by atoms with Crippen LogP contribution in [0.25, 0.3) is 0 Å². The van der Waals surface area contributed by atoms with Gasteiger partial charge < -0.3 is 10.1 Å². The van der Waals surface area contributed by atoms with Crippen LogP contribution in [0.5, 0.6) is 5.75 Å². The lowest BCUT2D eigenvalue weighted by Crippen LogP contribution is -2.41. The fraction of sp³-hybridized carbons (Fsp3) is 0.296. The first-order chi connectivity index (χ1) is 17.3. The molecule has 0 spiro atoms. The maximum atomic E-state index is 13.7. The molecule has 0 fully saturated rings. The van der Waals surface area contributed by atoms with E-state index in [9.17, 15) is 13.2 Å². The number of carbonyl (C=O) groups is 1. The van der Waals surface area contributed by atoms with Crippen LogP contribution in [-0.4, -0.2) is 46.0 Å². The molecule has 36 heavy (non-hydrogen) atoms. The molecule has 3 aromatic rings. The van der Waals surface area contributed by atoms with E-state index in [1.807, 2.05) is 13.2 Å². The molecule has 0 aliphatic heterocycles. The fourth-order valence-corrected chi connectivity index (χ4v) is 6.12. The van der Waals surface area contributed by atoms with Gasteiger partial charge in [0, 0.05) is 16.3 Å². The molecule has 0 aromatic heterocycles. The minimum Gasteiger partial charge on any atom is -0.492 e. The van der Waals surface area contributed by atoms with Gasteiger partial charge in [-0.1, -0.05) is 29.8 Å². The zero-order valence-electron chi connectivity index (χ0n) is 20.8. The fourth-order valence-electron chi connectivity index (χ4n) is 3.43. The second-order valence-corrected chi connectivity index (χ2v) is 11.9. The summed E-state index contributed by atoms with van der Waals surface area (Å²) in [5.41, 5.74) is 1.55. The van der Waals surface area contributed by atoms with Crippen LogP contribution in [0.1, 0.15) is 18.9 Å². The summed E-state index contributed by atoms with van der Waals surface area (Å²) in [6.07, 6.45) is 2.69. The number of hydrogen-bond acceptors (Lipinski definition) is 6. The minimum absolute atomic E-state index is 0.119. The average Bonchev–Trinajstić information content (AvgIpc) is 2.89. The summed E-state index contributed by atoms with van der Waals surface area (Å²) in [6, 6.07) is 21.9. The van der Waals surface area contributed by atoms with Crippen LogP contribution < -0.4 is 14.4 Å². The number of nitrogens with one attached hydrogen (secondary N) is 1. The van der Waals surface area contributed by atoms with Gasteiger partial charge >= 0.3 is 0 Å². The summed E-state index contributed by atoms with van der Waals surface area (Å²) >= 11 is 3.26. The predicted octanol–water partition coefficient (Wildman–Crippen LogP) is 5.61. The number of sulfonamides is 1. The Bertz CT molecular complexity index is 1230. The number of hydrogen-bond donors (Lipinski definition) is 1. The Morgan fingerprint density at radius 1 is 0.972 bits per heavy atom. The lowest BCUT2D eigenvalue weighted by Gasteiger charge is -2.26. The summed E-state index contributed by atoms with van der Waals surface area (Å²) in [6.45, 7) is 4.37. The van der Waals surface area contributed by atoms with Crippen molar-refractivity contribution in [3.63, 3.8) is 0 Å². The van der Waals surface area contributed by atoms with E-state index in [-0.39, 0.29) is 17.3 Å². The molecule has 9 heteroatoms. The monoisotopic (exact) mass is 544 g/mol. The van der Waals surface area contributed by atoms with Crippen molar-refractivity contribution in [1.82, 2.24) is 5.32 Å². The molecule has 0 radical (unpaired) electrons. The summed E-state index contributed by atoms with van der Waals surface area (Å²) in [7, 11) is -4.01. The maximum absolute atomic E-state index is 13.7. The van der Waals surface area contributed by atoms with Crippen LogP contribution >= 0.6 is 23.5 Å². The normalized spacial score (nSPS) is 11.2. The van der Waals surface area contributed by atoms with E-state index in [0.717, 1.165) is 21.4 Å². The summed E-state index contributed by atoms with van der Waals surface area (Å²) in [5.74, 6) is 0.887. The first kappa shape index (κ1) is 28.0. The Balaban J connectivity index is 1.71. The van der Waals surface area contributed by atoms with Crippen molar-refractivity contribution in [3.05, 3.63) is 78.4 Å². The Kier molecular flexibility index (Phi) is 10.6. The second-order valence-electron chi connectivity index (χ2n) is 7.95. The summed E-state index contributed by atoms with van der Waals surface area (Å²) in [5, 5.41) is 2.87. The Labute approximate surface area is 222 Å². The number of para-hydroxylation sites is 2. The van der Waals surface area contributed by atoms with Crippen molar-refractivity contribution in [2.24, 2.45) is 0 Å². The smallest absolute Gasteiger partial charge is 0.264 e. The van der Waals surface area contributed by atoms with Crippen LogP contribution in [0.4, 0.5) is 5.69 Å². The lowest BCUT2D eigenvalue weighted by molar-refractivity contribution is -0.119. The predicted molar refractivity (Wildman–Crippen MR) is 150 cm³/mol. The third-order valence-corrected chi connectivity index (χ3v) is 8.92. The van der Waals surface area contributed by atoms with E-state index in [4.69, 9.17) is 4.74 Å². The molecule has 1 amide bonds. The second kappa shape index (κ2) is 13.6. The lowest BCUT2D eigenvalue weighted by atomic mass is 10.2. The first-order valence-corrected chi connectivity index (χ1v) is 15.3. The largest absolute Gasteiger partial charge is 0.492 e. The van der Waals surface area contributed by atoms with E-state index < -0.39 is 10.0 Å². The van der Waals surface area contributed by atoms with Gasteiger partial charge in [-0.3, -0.25) is 9.10 Å². The van der Waals surface area contributed by atoms with Crippen molar-refractivity contribution >= 4 is 45.1 Å². The van der Waals surface area contributed by atoms with E-state index in [1.54, 1.807) is 60.3 Å². The molecule has 6 nitrogen and oxygen atoms in total. The molecule has 0 heterocycles. The van der Waals surface area contributed by atoms with E-state index >= 15 is 0 Å². The van der Waals surface area contributed by atoms with Gasteiger partial charge in [0.25, 0.3) is 10.0 Å². The van der Waals surface area contributed by atoms with E-state index in [1.165, 1.54) is 22.2 Å². The molecule has 0 unspecified atom stereocenters. The highest BCUT2D eigenvalue weighted by atomic mass is 32.2. The highest BCUT2D eigenvalue weighted by molar-refractivity contribution is 7.99. The number of amides is 1. The van der Waals surface area contributed by atoms with Crippen molar-refractivity contribution in [1.29, 1.82) is 0 Å².